The summed E-state index contributed by atoms with van der Waals surface area (Å²) >= 11 is 10.3. The normalized spacial score (nSPS) is 20.0. The van der Waals surface area contributed by atoms with Gasteiger partial charge < -0.3 is 0 Å². The minimum Gasteiger partial charge on any atom is -0.213 e. The van der Waals surface area contributed by atoms with Crippen LogP contribution in [0.1, 0.15) is 0 Å². The number of hydrogen-bond acceptors (Lipinski definition) is 0. The van der Waals surface area contributed by atoms with Gasteiger partial charge >= 0.3 is 0 Å². The maximum atomic E-state index is 11.8. The fraction of sp³-hybridized carbons (Fsp3) is 1.00. The first-order valence-electron chi connectivity index (χ1n) is 1.19. The number of rotatable bonds is 1. The zero-order valence-electron chi connectivity index (χ0n) is 2.72. The van der Waals surface area contributed by atoms with Crippen LogP contribution in [0.3, 0.4) is 0 Å². The van der Waals surface area contributed by atoms with Gasteiger partial charge in [-0.1, -0.05) is 27.5 Å². The third kappa shape index (κ3) is 5.18. The Balaban J connectivity index is 3.17. The molecule has 0 aliphatic rings. The smallest absolute Gasteiger partial charge is 0.213 e. The van der Waals surface area contributed by atoms with Crippen LogP contribution >= 0.6 is 43.5 Å². The molecule has 0 aliphatic heterocycles. The highest BCUT2D eigenvalue weighted by Gasteiger charge is 2.17. The molecule has 0 unspecified atom stereocenters. The van der Waals surface area contributed by atoms with Gasteiger partial charge in [0.15, 0.2) is 0 Å². The molecule has 0 radical (unpaired) electrons. The van der Waals surface area contributed by atoms with Crippen molar-refractivity contribution in [3.8, 4) is 0 Å². The van der Waals surface area contributed by atoms with Gasteiger partial charge in [-0.3, -0.25) is 0 Å². The van der Waals surface area contributed by atoms with Crippen LogP contribution in [0.4, 0.5) is 4.39 Å². The molecule has 0 fully saturated rings. The standard InChI is InChI=1S/C2H2Br2ClF/c3-1-2(4,5)6/h1H2/t2-/m1/s1. The second-order valence-electron chi connectivity index (χ2n) is 0.749. The van der Waals surface area contributed by atoms with Crippen molar-refractivity contribution < 1.29 is 4.39 Å². The Morgan fingerprint density at radius 3 is 2.00 bits per heavy atom. The van der Waals surface area contributed by atoms with Gasteiger partial charge in [0, 0.05) is 0 Å². The van der Waals surface area contributed by atoms with Gasteiger partial charge in [-0.25, -0.2) is 4.39 Å². The maximum Gasteiger partial charge on any atom is 0.247 e. The van der Waals surface area contributed by atoms with Crippen LogP contribution in [0.15, 0.2) is 0 Å². The summed E-state index contributed by atoms with van der Waals surface area (Å²) in [6, 6.07) is 0. The topological polar surface area (TPSA) is 0 Å². The molecule has 6 heavy (non-hydrogen) atoms. The molecule has 0 aromatic heterocycles. The van der Waals surface area contributed by atoms with Crippen molar-refractivity contribution in [1.82, 2.24) is 0 Å². The van der Waals surface area contributed by atoms with E-state index in [0.29, 0.717) is 0 Å². The van der Waals surface area contributed by atoms with Gasteiger partial charge in [-0.2, -0.15) is 0 Å². The highest BCUT2D eigenvalue weighted by molar-refractivity contribution is 9.12. The molecular weight excluding hydrogens is 238 g/mol. The quantitative estimate of drug-likeness (QED) is 0.618. The van der Waals surface area contributed by atoms with Gasteiger partial charge in [-0.15, -0.1) is 0 Å². The number of hydrogen-bond donors (Lipinski definition) is 0. The first kappa shape index (κ1) is 7.18. The van der Waals surface area contributed by atoms with Crippen molar-refractivity contribution in [2.75, 3.05) is 5.33 Å². The first-order valence-corrected chi connectivity index (χ1v) is 3.48. The van der Waals surface area contributed by atoms with Crippen LogP contribution in [0.25, 0.3) is 0 Å². The molecule has 1 atom stereocenters. The van der Waals surface area contributed by atoms with Gasteiger partial charge in [0.1, 0.15) is 0 Å². The Kier molecular flexibility index (Phi) is 2.97. The van der Waals surface area contributed by atoms with Crippen LogP contribution in [-0.4, -0.2) is 9.37 Å². The number of halogens is 4. The molecule has 0 aliphatic carbocycles. The minimum absolute atomic E-state index is 0.0988. The molecule has 0 rings (SSSR count). The Morgan fingerprint density at radius 1 is 1.83 bits per heavy atom. The summed E-state index contributed by atoms with van der Waals surface area (Å²) in [5, 5.41) is 0.0988. The van der Waals surface area contributed by atoms with Gasteiger partial charge in [0.05, 0.1) is 5.33 Å². The molecular formula is C2H2Br2ClF. The fourth-order valence-electron chi connectivity index (χ4n) is 0. The van der Waals surface area contributed by atoms with Crippen molar-refractivity contribution in [2.45, 2.75) is 4.04 Å². The van der Waals surface area contributed by atoms with Gasteiger partial charge in [0.2, 0.25) is 4.04 Å². The average Bonchev–Trinajstić information content (AvgIpc) is 1.35. The second-order valence-corrected chi connectivity index (χ2v) is 3.62. The molecule has 0 nitrogen and oxygen atoms in total. The van der Waals surface area contributed by atoms with E-state index in [1.54, 1.807) is 0 Å². The summed E-state index contributed by atoms with van der Waals surface area (Å²) in [6.07, 6.45) is 0. The second kappa shape index (κ2) is 2.48. The average molecular weight is 240 g/mol. The third-order valence-electron chi connectivity index (χ3n) is 0.152. The van der Waals surface area contributed by atoms with E-state index in [4.69, 9.17) is 11.6 Å². The summed E-state index contributed by atoms with van der Waals surface area (Å²) in [5.74, 6) is 0. The van der Waals surface area contributed by atoms with Crippen LogP contribution in [0, 0.1) is 0 Å². The highest BCUT2D eigenvalue weighted by Crippen LogP contribution is 2.26. The predicted molar refractivity (Wildman–Crippen MR) is 32.4 cm³/mol. The lowest BCUT2D eigenvalue weighted by Gasteiger charge is -1.99. The van der Waals surface area contributed by atoms with Crippen LogP contribution in [-0.2, 0) is 0 Å². The van der Waals surface area contributed by atoms with E-state index in [9.17, 15) is 4.39 Å². The molecule has 0 amide bonds. The Hall–Kier alpha value is 1.18. The zero-order valence-corrected chi connectivity index (χ0v) is 6.65. The van der Waals surface area contributed by atoms with E-state index in [0.717, 1.165) is 0 Å². The van der Waals surface area contributed by atoms with Gasteiger partial charge in [0.25, 0.3) is 0 Å². The summed E-state index contributed by atoms with van der Waals surface area (Å²) < 4.78 is 10.00. The highest BCUT2D eigenvalue weighted by atomic mass is 79.9. The SMILES string of the molecule is F[C@@](Cl)(Br)CBr. The summed E-state index contributed by atoms with van der Waals surface area (Å²) in [5.41, 5.74) is 0. The molecule has 0 saturated carbocycles. The van der Waals surface area contributed by atoms with Crippen molar-refractivity contribution in [3.05, 3.63) is 0 Å². The Bertz CT molecular complexity index is 41.3. The summed E-state index contributed by atoms with van der Waals surface area (Å²) in [6.45, 7) is 0. The molecule has 0 aromatic carbocycles. The van der Waals surface area contributed by atoms with Crippen molar-refractivity contribution in [2.24, 2.45) is 0 Å². The van der Waals surface area contributed by atoms with E-state index < -0.39 is 4.04 Å². The van der Waals surface area contributed by atoms with E-state index in [2.05, 4.69) is 31.9 Å². The van der Waals surface area contributed by atoms with Crippen molar-refractivity contribution >= 4 is 43.5 Å². The summed E-state index contributed by atoms with van der Waals surface area (Å²) in [7, 11) is 0. The molecule has 0 saturated heterocycles. The largest absolute Gasteiger partial charge is 0.247 e. The predicted octanol–water partition coefficient (Wildman–Crippen LogP) is 2.64. The molecule has 38 valence electrons. The zero-order chi connectivity index (χ0) is 5.21. The fourth-order valence-corrected chi connectivity index (χ4v) is 0. The monoisotopic (exact) mass is 238 g/mol. The molecule has 0 heterocycles. The van der Waals surface area contributed by atoms with E-state index >= 15 is 0 Å². The molecule has 0 bridgehead atoms. The molecule has 4 heteroatoms. The van der Waals surface area contributed by atoms with Crippen molar-refractivity contribution in [1.29, 1.82) is 0 Å². The third-order valence-corrected chi connectivity index (χ3v) is 2.41. The minimum atomic E-state index is -1.76. The van der Waals surface area contributed by atoms with Crippen LogP contribution in [0.2, 0.25) is 0 Å². The number of alkyl halides is 4. The van der Waals surface area contributed by atoms with E-state index in [-0.39, 0.29) is 5.33 Å². The van der Waals surface area contributed by atoms with E-state index in [1.165, 1.54) is 0 Å². The lowest BCUT2D eigenvalue weighted by Crippen LogP contribution is -2.02. The van der Waals surface area contributed by atoms with Crippen LogP contribution in [0.5, 0.6) is 0 Å². The lowest BCUT2D eigenvalue weighted by molar-refractivity contribution is 0.451. The Morgan fingerprint density at radius 2 is 2.00 bits per heavy atom. The molecule has 0 N–H and O–H groups in total. The van der Waals surface area contributed by atoms with Crippen LogP contribution < -0.4 is 0 Å². The molecule has 0 spiro atoms. The van der Waals surface area contributed by atoms with Gasteiger partial charge in [-0.05, 0) is 15.9 Å². The maximum absolute atomic E-state index is 11.8. The van der Waals surface area contributed by atoms with Crippen molar-refractivity contribution in [3.63, 3.8) is 0 Å². The first-order chi connectivity index (χ1) is 2.56. The molecule has 0 aromatic rings. The Labute approximate surface area is 57.3 Å². The summed E-state index contributed by atoms with van der Waals surface area (Å²) in [4.78, 5) is 0. The van der Waals surface area contributed by atoms with E-state index in [1.807, 2.05) is 0 Å². The lowest BCUT2D eigenvalue weighted by atomic mass is 10.9.